The molecule has 2 heterocycles. The fourth-order valence-electron chi connectivity index (χ4n) is 4.66. The molecule has 1 aromatic carbocycles. The van der Waals surface area contributed by atoms with E-state index < -0.39 is 0 Å². The van der Waals surface area contributed by atoms with Gasteiger partial charge in [-0.15, -0.1) is 0 Å². The Morgan fingerprint density at radius 2 is 1.76 bits per heavy atom. The van der Waals surface area contributed by atoms with Gasteiger partial charge in [-0.1, -0.05) is 31.0 Å². The summed E-state index contributed by atoms with van der Waals surface area (Å²) in [4.78, 5) is 2.59. The number of para-hydroxylation sites is 1. The van der Waals surface area contributed by atoms with Crippen molar-refractivity contribution in [1.29, 1.82) is 0 Å². The highest BCUT2D eigenvalue weighted by Gasteiger charge is 2.40. The van der Waals surface area contributed by atoms with Gasteiger partial charge < -0.3 is 10.5 Å². The Morgan fingerprint density at radius 1 is 1.05 bits per heavy atom. The molecule has 3 aliphatic rings. The second-order valence-corrected chi connectivity index (χ2v) is 7.19. The molecule has 2 aliphatic heterocycles. The Hall–Kier alpha value is -1.06. The summed E-state index contributed by atoms with van der Waals surface area (Å²) < 4.78 is 5.96. The number of rotatable bonds is 1. The maximum absolute atomic E-state index is 6.54. The van der Waals surface area contributed by atoms with E-state index >= 15 is 0 Å². The predicted octanol–water partition coefficient (Wildman–Crippen LogP) is 3.10. The summed E-state index contributed by atoms with van der Waals surface area (Å²) in [6, 6.07) is 8.68. The molecule has 0 bridgehead atoms. The van der Waals surface area contributed by atoms with Gasteiger partial charge in [-0.05, 0) is 50.3 Å². The lowest BCUT2D eigenvalue weighted by Gasteiger charge is -2.45. The summed E-state index contributed by atoms with van der Waals surface area (Å²) in [5, 5.41) is 0. The first-order valence-electron chi connectivity index (χ1n) is 8.49. The van der Waals surface area contributed by atoms with Crippen LogP contribution in [0.4, 0.5) is 0 Å². The standard InChI is InChI=1S/C18H26N2O/c19-17-14-5-1-2-6-16(14)21-13-15(17)20-11-9-18(10-12-20)7-3-4-8-18/h1-2,5-6,15,17H,3-4,7-13,19H2. The van der Waals surface area contributed by atoms with Crippen molar-refractivity contribution in [3.8, 4) is 5.75 Å². The summed E-state index contributed by atoms with van der Waals surface area (Å²) in [5.41, 5.74) is 8.40. The molecule has 2 fully saturated rings. The lowest BCUT2D eigenvalue weighted by Crippen LogP contribution is -2.52. The zero-order valence-electron chi connectivity index (χ0n) is 12.8. The van der Waals surface area contributed by atoms with E-state index in [0.29, 0.717) is 11.5 Å². The normalized spacial score (nSPS) is 31.9. The zero-order chi connectivity index (χ0) is 14.3. The van der Waals surface area contributed by atoms with Gasteiger partial charge in [0, 0.05) is 5.56 Å². The number of hydrogen-bond acceptors (Lipinski definition) is 3. The number of benzene rings is 1. The van der Waals surface area contributed by atoms with Gasteiger partial charge in [-0.3, -0.25) is 4.90 Å². The van der Waals surface area contributed by atoms with Crippen LogP contribution in [0.2, 0.25) is 0 Å². The number of ether oxygens (including phenoxy) is 1. The lowest BCUT2D eigenvalue weighted by atomic mass is 9.76. The molecule has 1 aliphatic carbocycles. The predicted molar refractivity (Wildman–Crippen MR) is 84.4 cm³/mol. The Balaban J connectivity index is 1.46. The molecule has 0 radical (unpaired) electrons. The van der Waals surface area contributed by atoms with E-state index in [1.54, 1.807) is 0 Å². The van der Waals surface area contributed by atoms with Crippen molar-refractivity contribution in [3.63, 3.8) is 0 Å². The van der Waals surface area contributed by atoms with Crippen LogP contribution in [0, 0.1) is 5.41 Å². The van der Waals surface area contributed by atoms with Crippen molar-refractivity contribution >= 4 is 0 Å². The Bertz CT molecular complexity index is 500. The largest absolute Gasteiger partial charge is 0.492 e. The lowest BCUT2D eigenvalue weighted by molar-refractivity contribution is 0.0363. The van der Waals surface area contributed by atoms with Crippen molar-refractivity contribution in [2.24, 2.45) is 11.1 Å². The summed E-state index contributed by atoms with van der Waals surface area (Å²) in [6.07, 6.45) is 8.52. The molecule has 3 heteroatoms. The van der Waals surface area contributed by atoms with Crippen LogP contribution in [0.3, 0.4) is 0 Å². The molecular formula is C18H26N2O. The molecule has 2 N–H and O–H groups in total. The molecule has 21 heavy (non-hydrogen) atoms. The van der Waals surface area contributed by atoms with Crippen LogP contribution < -0.4 is 10.5 Å². The third kappa shape index (κ3) is 2.36. The highest BCUT2D eigenvalue weighted by atomic mass is 16.5. The van der Waals surface area contributed by atoms with Gasteiger partial charge in [-0.2, -0.15) is 0 Å². The van der Waals surface area contributed by atoms with E-state index in [2.05, 4.69) is 17.0 Å². The maximum atomic E-state index is 6.54. The highest BCUT2D eigenvalue weighted by Crippen LogP contribution is 2.47. The first-order valence-corrected chi connectivity index (χ1v) is 8.49. The molecule has 1 aromatic rings. The van der Waals surface area contributed by atoms with Crippen molar-refractivity contribution in [1.82, 2.24) is 4.90 Å². The maximum Gasteiger partial charge on any atom is 0.124 e. The quantitative estimate of drug-likeness (QED) is 0.862. The van der Waals surface area contributed by atoms with E-state index in [9.17, 15) is 0 Å². The SMILES string of the molecule is NC1c2ccccc2OCC1N1CCC2(CCCC2)CC1. The van der Waals surface area contributed by atoms with Gasteiger partial charge >= 0.3 is 0 Å². The minimum absolute atomic E-state index is 0.0904. The summed E-state index contributed by atoms with van der Waals surface area (Å²) in [5.74, 6) is 0.977. The minimum Gasteiger partial charge on any atom is -0.492 e. The highest BCUT2D eigenvalue weighted by molar-refractivity contribution is 5.38. The molecule has 0 aromatic heterocycles. The van der Waals surface area contributed by atoms with Gasteiger partial charge in [0.25, 0.3) is 0 Å². The van der Waals surface area contributed by atoms with Gasteiger partial charge in [-0.25, -0.2) is 0 Å². The summed E-state index contributed by atoms with van der Waals surface area (Å²) in [6.45, 7) is 3.14. The van der Waals surface area contributed by atoms with Crippen molar-refractivity contribution in [2.45, 2.75) is 50.6 Å². The first-order chi connectivity index (χ1) is 10.3. The smallest absolute Gasteiger partial charge is 0.124 e. The molecule has 1 saturated heterocycles. The average molecular weight is 286 g/mol. The van der Waals surface area contributed by atoms with Crippen LogP contribution >= 0.6 is 0 Å². The summed E-state index contributed by atoms with van der Waals surface area (Å²) >= 11 is 0. The fraction of sp³-hybridized carbons (Fsp3) is 0.667. The van der Waals surface area contributed by atoms with Gasteiger partial charge in [0.05, 0.1) is 12.1 Å². The van der Waals surface area contributed by atoms with E-state index in [1.807, 2.05) is 12.1 Å². The van der Waals surface area contributed by atoms with Crippen molar-refractivity contribution in [3.05, 3.63) is 29.8 Å². The Morgan fingerprint density at radius 3 is 2.52 bits per heavy atom. The number of nitrogens with two attached hydrogens (primary N) is 1. The van der Waals surface area contributed by atoms with Gasteiger partial charge in [0.1, 0.15) is 12.4 Å². The van der Waals surface area contributed by atoms with Crippen molar-refractivity contribution < 1.29 is 4.74 Å². The van der Waals surface area contributed by atoms with Gasteiger partial charge in [0.15, 0.2) is 0 Å². The topological polar surface area (TPSA) is 38.5 Å². The van der Waals surface area contributed by atoms with Crippen LogP contribution in [-0.4, -0.2) is 30.6 Å². The molecule has 2 atom stereocenters. The number of likely N-dealkylation sites (tertiary alicyclic amines) is 1. The van der Waals surface area contributed by atoms with E-state index in [1.165, 1.54) is 57.2 Å². The zero-order valence-corrected chi connectivity index (χ0v) is 12.8. The first kappa shape index (κ1) is 13.6. The average Bonchev–Trinajstić information content (AvgIpc) is 2.98. The third-order valence-electron chi connectivity index (χ3n) is 6.09. The monoisotopic (exact) mass is 286 g/mol. The van der Waals surface area contributed by atoms with Crippen LogP contribution in [-0.2, 0) is 0 Å². The van der Waals surface area contributed by atoms with E-state index in [0.717, 1.165) is 12.4 Å². The number of nitrogens with zero attached hydrogens (tertiary/aromatic N) is 1. The second-order valence-electron chi connectivity index (χ2n) is 7.19. The Kier molecular flexibility index (Phi) is 3.43. The second kappa shape index (κ2) is 5.29. The van der Waals surface area contributed by atoms with Crippen molar-refractivity contribution in [2.75, 3.05) is 19.7 Å². The third-order valence-corrected chi connectivity index (χ3v) is 6.09. The molecule has 2 unspecified atom stereocenters. The molecule has 1 spiro atoms. The van der Waals surface area contributed by atoms with Crippen LogP contribution in [0.25, 0.3) is 0 Å². The minimum atomic E-state index is 0.0904. The van der Waals surface area contributed by atoms with Crippen LogP contribution in [0.5, 0.6) is 5.75 Å². The molecular weight excluding hydrogens is 260 g/mol. The molecule has 4 rings (SSSR count). The number of piperidine rings is 1. The molecule has 1 saturated carbocycles. The van der Waals surface area contributed by atoms with E-state index in [-0.39, 0.29) is 6.04 Å². The molecule has 114 valence electrons. The van der Waals surface area contributed by atoms with Gasteiger partial charge in [0.2, 0.25) is 0 Å². The number of fused-ring (bicyclic) bond motifs is 1. The fourth-order valence-corrected chi connectivity index (χ4v) is 4.66. The Labute approximate surface area is 127 Å². The van der Waals surface area contributed by atoms with E-state index in [4.69, 9.17) is 10.5 Å². The van der Waals surface area contributed by atoms with Crippen LogP contribution in [0.15, 0.2) is 24.3 Å². The summed E-state index contributed by atoms with van der Waals surface area (Å²) in [7, 11) is 0. The molecule has 0 amide bonds. The van der Waals surface area contributed by atoms with Crippen LogP contribution in [0.1, 0.15) is 50.1 Å². The molecule has 3 nitrogen and oxygen atoms in total. The number of hydrogen-bond donors (Lipinski definition) is 1.